The van der Waals surface area contributed by atoms with Crippen LogP contribution in [0.1, 0.15) is 64.3 Å². The molecule has 2 aliphatic carbocycles. The number of aromatic nitrogens is 4. The summed E-state index contributed by atoms with van der Waals surface area (Å²) in [5.74, 6) is -0.237. The summed E-state index contributed by atoms with van der Waals surface area (Å²) in [5, 5.41) is 6.54. The van der Waals surface area contributed by atoms with Gasteiger partial charge in [-0.2, -0.15) is 4.98 Å². The van der Waals surface area contributed by atoms with Crippen LogP contribution in [0.3, 0.4) is 0 Å². The molecule has 0 saturated heterocycles. The van der Waals surface area contributed by atoms with Crippen molar-refractivity contribution >= 4 is 34.7 Å². The number of halogens is 2. The minimum absolute atomic E-state index is 0.00246. The van der Waals surface area contributed by atoms with Gasteiger partial charge in [0.2, 0.25) is 17.8 Å². The summed E-state index contributed by atoms with van der Waals surface area (Å²) >= 11 is 0. The van der Waals surface area contributed by atoms with E-state index in [1.54, 1.807) is 6.20 Å². The summed E-state index contributed by atoms with van der Waals surface area (Å²) in [6, 6.07) is 3.91. The molecule has 3 aromatic rings. The van der Waals surface area contributed by atoms with E-state index in [0.29, 0.717) is 36.2 Å². The average Bonchev–Trinajstić information content (AvgIpc) is 3.33. The number of carbonyl (C=O) groups is 1. The molecule has 228 valence electrons. The summed E-state index contributed by atoms with van der Waals surface area (Å²) < 4.78 is 30.3. The third kappa shape index (κ3) is 6.97. The Kier molecular flexibility index (Phi) is 9.52. The molecule has 42 heavy (non-hydrogen) atoms. The lowest BCUT2D eigenvalue weighted by molar-refractivity contribution is -0.136. The number of nitrogens with zero attached hydrogens (tertiary/aromatic N) is 6. The largest absolute Gasteiger partial charge is 0.351 e. The van der Waals surface area contributed by atoms with Crippen LogP contribution in [0.5, 0.6) is 0 Å². The first-order chi connectivity index (χ1) is 20.2. The van der Waals surface area contributed by atoms with Gasteiger partial charge >= 0.3 is 0 Å². The average molecular weight is 584 g/mol. The Hall–Kier alpha value is -3.38. The van der Waals surface area contributed by atoms with Gasteiger partial charge in [-0.15, -0.1) is 0 Å². The molecule has 0 spiro atoms. The number of rotatable bonds is 10. The van der Waals surface area contributed by atoms with Crippen molar-refractivity contribution in [3.05, 3.63) is 36.0 Å². The summed E-state index contributed by atoms with van der Waals surface area (Å²) in [5.41, 5.74) is 7.43. The highest BCUT2D eigenvalue weighted by molar-refractivity contribution is 5.79. The molecule has 0 unspecified atom stereocenters. The zero-order valence-electron chi connectivity index (χ0n) is 24.8. The van der Waals surface area contributed by atoms with Gasteiger partial charge in [0.25, 0.3) is 0 Å². The number of likely N-dealkylation sites (N-methyl/N-ethyl adjacent to an activating group) is 2. The number of carbonyl (C=O) groups excluding carboxylic acids is 1. The van der Waals surface area contributed by atoms with Crippen LogP contribution >= 0.6 is 0 Å². The highest BCUT2D eigenvalue weighted by atomic mass is 19.1. The van der Waals surface area contributed by atoms with Gasteiger partial charge in [0.05, 0.1) is 11.9 Å². The monoisotopic (exact) mass is 583 g/mol. The summed E-state index contributed by atoms with van der Waals surface area (Å²) in [7, 11) is 4.02. The molecule has 0 aliphatic heterocycles. The molecule has 4 N–H and O–H groups in total. The Labute approximate surface area is 246 Å². The summed E-state index contributed by atoms with van der Waals surface area (Å²) in [4.78, 5) is 31.5. The molecule has 1 aromatic carbocycles. The highest BCUT2D eigenvalue weighted by Crippen LogP contribution is 2.38. The topological polar surface area (TPSA) is 117 Å². The third-order valence-corrected chi connectivity index (χ3v) is 8.64. The summed E-state index contributed by atoms with van der Waals surface area (Å²) in [6.07, 6.45) is 8.50. The van der Waals surface area contributed by atoms with E-state index in [0.717, 1.165) is 64.0 Å². The number of hydrogen-bond donors (Lipinski definition) is 3. The number of imidazole rings is 1. The van der Waals surface area contributed by atoms with Crippen molar-refractivity contribution in [1.29, 1.82) is 0 Å². The number of fused-ring (bicyclic) bond motifs is 1. The van der Waals surface area contributed by atoms with Crippen LogP contribution in [0, 0.1) is 17.6 Å². The van der Waals surface area contributed by atoms with E-state index >= 15 is 0 Å². The lowest BCUT2D eigenvalue weighted by Gasteiger charge is -2.33. The molecule has 5 rings (SSSR count). The zero-order chi connectivity index (χ0) is 29.8. The summed E-state index contributed by atoms with van der Waals surface area (Å²) in [6.45, 7) is 4.26. The van der Waals surface area contributed by atoms with Crippen LogP contribution in [0.4, 0.5) is 26.4 Å². The molecule has 2 fully saturated rings. The van der Waals surface area contributed by atoms with Crippen molar-refractivity contribution in [2.24, 2.45) is 11.7 Å². The molecule has 2 aliphatic rings. The Morgan fingerprint density at radius 2 is 1.79 bits per heavy atom. The zero-order valence-corrected chi connectivity index (χ0v) is 24.8. The first-order valence-electron chi connectivity index (χ1n) is 15.1. The van der Waals surface area contributed by atoms with Crippen molar-refractivity contribution in [1.82, 2.24) is 29.3 Å². The van der Waals surface area contributed by atoms with Crippen molar-refractivity contribution in [3.8, 4) is 0 Å². The van der Waals surface area contributed by atoms with Gasteiger partial charge in [-0.05, 0) is 84.5 Å². The quantitative estimate of drug-likeness (QED) is 0.315. The van der Waals surface area contributed by atoms with Crippen LogP contribution in [0.15, 0.2) is 24.4 Å². The molecule has 12 heteroatoms. The molecule has 0 atom stereocenters. The van der Waals surface area contributed by atoms with Crippen LogP contribution in [-0.4, -0.2) is 81.0 Å². The second-order valence-corrected chi connectivity index (χ2v) is 11.9. The minimum atomic E-state index is -0.704. The fourth-order valence-corrected chi connectivity index (χ4v) is 6.14. The maximum atomic E-state index is 14.6. The second-order valence-electron chi connectivity index (χ2n) is 11.9. The Bertz CT molecular complexity index is 1360. The lowest BCUT2D eigenvalue weighted by atomic mass is 9.85. The number of nitrogens with two attached hydrogens (primary N) is 1. The number of benzene rings is 1. The second kappa shape index (κ2) is 13.3. The van der Waals surface area contributed by atoms with Crippen LogP contribution in [-0.2, 0) is 4.79 Å². The Morgan fingerprint density at radius 1 is 1.05 bits per heavy atom. The van der Waals surface area contributed by atoms with Gasteiger partial charge in [-0.3, -0.25) is 9.36 Å². The predicted molar refractivity (Wildman–Crippen MR) is 161 cm³/mol. The van der Waals surface area contributed by atoms with E-state index in [9.17, 15) is 13.6 Å². The molecule has 0 bridgehead atoms. The standard InChI is InChI=1S/C30H43F2N9O/c1-4-40(16-15-39(2)3)28(42)19-5-12-23(13-6-19)41-27-26(37-30(41)36-25-14-7-20(31)17-24(25)32)18-34-29(38-27)35-22-10-8-21(33)9-11-22/h7,14,17-19,21-23H,4-6,8-13,15-16,33H2,1-3H3,(H,36,37)(H,34,35,38). The molecule has 1 amide bonds. The highest BCUT2D eigenvalue weighted by Gasteiger charge is 2.32. The first kappa shape index (κ1) is 30.1. The van der Waals surface area contributed by atoms with Crippen LogP contribution in [0.25, 0.3) is 11.2 Å². The van der Waals surface area contributed by atoms with Gasteiger partial charge in [0, 0.05) is 49.7 Å². The van der Waals surface area contributed by atoms with E-state index < -0.39 is 11.6 Å². The van der Waals surface area contributed by atoms with Crippen molar-refractivity contribution in [2.75, 3.05) is 44.4 Å². The van der Waals surface area contributed by atoms with E-state index in [1.165, 1.54) is 12.1 Å². The fraction of sp³-hybridized carbons (Fsp3) is 0.600. The fourth-order valence-electron chi connectivity index (χ4n) is 6.14. The Morgan fingerprint density at radius 3 is 2.45 bits per heavy atom. The number of amides is 1. The number of hydrogen-bond acceptors (Lipinski definition) is 8. The SMILES string of the molecule is CCN(CCN(C)C)C(=O)C1CCC(n2c(Nc3ccc(F)cc3F)nc3cnc(NC4CCC(N)CC4)nc32)CC1. The van der Waals surface area contributed by atoms with E-state index in [-0.39, 0.29) is 35.6 Å². The molecule has 2 aromatic heterocycles. The maximum absolute atomic E-state index is 14.6. The van der Waals surface area contributed by atoms with Crippen LogP contribution in [0.2, 0.25) is 0 Å². The normalized spacial score (nSPS) is 22.8. The molecular formula is C30H43F2N9O. The number of anilines is 3. The van der Waals surface area contributed by atoms with Gasteiger partial charge < -0.3 is 26.2 Å². The first-order valence-corrected chi connectivity index (χ1v) is 15.1. The molecule has 10 nitrogen and oxygen atoms in total. The van der Waals surface area contributed by atoms with E-state index in [4.69, 9.17) is 15.7 Å². The molecule has 2 heterocycles. The number of nitrogens with one attached hydrogen (secondary N) is 2. The van der Waals surface area contributed by atoms with Crippen molar-refractivity contribution in [2.45, 2.75) is 76.4 Å². The van der Waals surface area contributed by atoms with E-state index in [1.807, 2.05) is 30.5 Å². The Balaban J connectivity index is 1.40. The van der Waals surface area contributed by atoms with Crippen molar-refractivity contribution < 1.29 is 13.6 Å². The van der Waals surface area contributed by atoms with Crippen molar-refractivity contribution in [3.63, 3.8) is 0 Å². The van der Waals surface area contributed by atoms with E-state index in [2.05, 4.69) is 20.5 Å². The van der Waals surface area contributed by atoms with Gasteiger partial charge in [0.1, 0.15) is 17.2 Å². The molecule has 2 saturated carbocycles. The lowest BCUT2D eigenvalue weighted by Crippen LogP contribution is -2.41. The smallest absolute Gasteiger partial charge is 0.225 e. The minimum Gasteiger partial charge on any atom is -0.351 e. The third-order valence-electron chi connectivity index (χ3n) is 8.64. The molecular weight excluding hydrogens is 540 g/mol. The predicted octanol–water partition coefficient (Wildman–Crippen LogP) is 4.67. The van der Waals surface area contributed by atoms with Crippen LogP contribution < -0.4 is 16.4 Å². The maximum Gasteiger partial charge on any atom is 0.225 e. The van der Waals surface area contributed by atoms with Gasteiger partial charge in [-0.25, -0.2) is 18.7 Å². The van der Waals surface area contributed by atoms with Gasteiger partial charge in [-0.1, -0.05) is 0 Å². The van der Waals surface area contributed by atoms with Gasteiger partial charge in [0.15, 0.2) is 5.65 Å². The molecule has 0 radical (unpaired) electrons.